The summed E-state index contributed by atoms with van der Waals surface area (Å²) < 4.78 is 0. The van der Waals surface area contributed by atoms with Crippen molar-refractivity contribution >= 4 is 6.29 Å². The first kappa shape index (κ1) is 24.4. The van der Waals surface area contributed by atoms with E-state index in [9.17, 15) is 15.2 Å². The van der Waals surface area contributed by atoms with Gasteiger partial charge in [0.15, 0.2) is 11.9 Å². The van der Waals surface area contributed by atoms with Crippen molar-refractivity contribution in [2.45, 2.75) is 111 Å². The first-order valence-corrected chi connectivity index (χ1v) is 13.3. The van der Waals surface area contributed by atoms with E-state index in [1.807, 2.05) is 13.8 Å². The Bertz CT molecular complexity index is 731. The van der Waals surface area contributed by atoms with E-state index in [-0.39, 0.29) is 12.0 Å². The number of aliphatic hydroxyl groups is 1. The van der Waals surface area contributed by atoms with E-state index in [0.717, 1.165) is 49.7 Å². The zero-order valence-electron chi connectivity index (χ0n) is 21.0. The van der Waals surface area contributed by atoms with Gasteiger partial charge >= 0.3 is 0 Å². The van der Waals surface area contributed by atoms with E-state index < -0.39 is 5.60 Å². The monoisotopic (exact) mass is 446 g/mol. The number of rotatable bonds is 7. The highest BCUT2D eigenvalue weighted by Gasteiger charge is 2.59. The van der Waals surface area contributed by atoms with Crippen LogP contribution in [0.1, 0.15) is 98.8 Å². The highest BCUT2D eigenvalue weighted by atomic mass is 17.1. The van der Waals surface area contributed by atoms with E-state index in [4.69, 9.17) is 4.89 Å². The SMILES string of the molecule is CC(CCC(C=O)(OO)C(C)C)C1CCC2C3CC=C4CC(O)CCC4(C)C3CCC12C. The van der Waals surface area contributed by atoms with Gasteiger partial charge in [0.05, 0.1) is 6.10 Å². The molecule has 182 valence electrons. The van der Waals surface area contributed by atoms with Gasteiger partial charge in [-0.15, -0.1) is 0 Å². The van der Waals surface area contributed by atoms with E-state index in [0.29, 0.717) is 29.1 Å². The molecule has 0 radical (unpaired) electrons. The molecule has 2 N–H and O–H groups in total. The van der Waals surface area contributed by atoms with Crippen molar-refractivity contribution in [3.63, 3.8) is 0 Å². The second kappa shape index (κ2) is 8.82. The van der Waals surface area contributed by atoms with Crippen molar-refractivity contribution in [3.8, 4) is 0 Å². The van der Waals surface area contributed by atoms with Gasteiger partial charge in [-0.25, -0.2) is 4.89 Å². The Morgan fingerprint density at radius 3 is 2.56 bits per heavy atom. The topological polar surface area (TPSA) is 66.8 Å². The lowest BCUT2D eigenvalue weighted by Gasteiger charge is -2.58. The van der Waals surface area contributed by atoms with Gasteiger partial charge in [-0.05, 0) is 111 Å². The van der Waals surface area contributed by atoms with Crippen LogP contribution in [0.25, 0.3) is 0 Å². The molecule has 0 aromatic heterocycles. The number of aldehydes is 1. The lowest BCUT2D eigenvalue weighted by atomic mass is 9.47. The predicted octanol–water partition coefficient (Wildman–Crippen LogP) is 6.43. The van der Waals surface area contributed by atoms with Crippen molar-refractivity contribution in [2.75, 3.05) is 0 Å². The Hall–Kier alpha value is -0.710. The third-order valence-corrected chi connectivity index (χ3v) is 11.2. The smallest absolute Gasteiger partial charge is 0.160 e. The fraction of sp³-hybridized carbons (Fsp3) is 0.893. The van der Waals surface area contributed by atoms with Crippen LogP contribution in [0.3, 0.4) is 0 Å². The maximum atomic E-state index is 11.7. The molecule has 3 saturated carbocycles. The van der Waals surface area contributed by atoms with Crippen LogP contribution in [-0.2, 0) is 9.68 Å². The summed E-state index contributed by atoms with van der Waals surface area (Å²) in [4.78, 5) is 16.5. The summed E-state index contributed by atoms with van der Waals surface area (Å²) in [6.07, 6.45) is 14.1. The zero-order valence-corrected chi connectivity index (χ0v) is 21.0. The molecule has 4 rings (SSSR count). The van der Waals surface area contributed by atoms with E-state index in [2.05, 4.69) is 26.8 Å². The molecular weight excluding hydrogens is 400 g/mol. The maximum Gasteiger partial charge on any atom is 0.160 e. The van der Waals surface area contributed by atoms with Crippen molar-refractivity contribution < 1.29 is 20.0 Å². The molecule has 0 amide bonds. The number of carbonyl (C=O) groups excluding carboxylic acids is 1. The third kappa shape index (κ3) is 3.73. The lowest BCUT2D eigenvalue weighted by Crippen LogP contribution is -2.51. The minimum Gasteiger partial charge on any atom is -0.393 e. The van der Waals surface area contributed by atoms with Gasteiger partial charge in [0.2, 0.25) is 0 Å². The van der Waals surface area contributed by atoms with Crippen molar-refractivity contribution in [1.29, 1.82) is 0 Å². The van der Waals surface area contributed by atoms with Gasteiger partial charge < -0.3 is 5.11 Å². The van der Waals surface area contributed by atoms with Gasteiger partial charge in [0.1, 0.15) is 0 Å². The molecule has 4 heteroatoms. The lowest BCUT2D eigenvalue weighted by molar-refractivity contribution is -0.320. The summed E-state index contributed by atoms with van der Waals surface area (Å²) in [5.41, 5.74) is 1.15. The van der Waals surface area contributed by atoms with Crippen molar-refractivity contribution in [2.24, 2.45) is 46.3 Å². The summed E-state index contributed by atoms with van der Waals surface area (Å²) in [7, 11) is 0. The second-order valence-corrected chi connectivity index (χ2v) is 12.7. The largest absolute Gasteiger partial charge is 0.393 e. The molecule has 4 aliphatic rings. The normalized spacial score (nSPS) is 44.1. The van der Waals surface area contributed by atoms with Gasteiger partial charge in [0.25, 0.3) is 0 Å². The molecule has 0 saturated heterocycles. The summed E-state index contributed by atoms with van der Waals surface area (Å²) in [6, 6.07) is 0. The molecule has 4 nitrogen and oxygen atoms in total. The van der Waals surface area contributed by atoms with Crippen LogP contribution < -0.4 is 0 Å². The van der Waals surface area contributed by atoms with Crippen LogP contribution in [-0.4, -0.2) is 28.4 Å². The Kier molecular flexibility index (Phi) is 6.73. The van der Waals surface area contributed by atoms with E-state index >= 15 is 0 Å². The number of allylic oxidation sites excluding steroid dienone is 1. The molecule has 3 fully saturated rings. The van der Waals surface area contributed by atoms with Crippen molar-refractivity contribution in [1.82, 2.24) is 0 Å². The quantitative estimate of drug-likeness (QED) is 0.205. The third-order valence-electron chi connectivity index (χ3n) is 11.2. The fourth-order valence-corrected chi connectivity index (χ4v) is 8.93. The molecule has 4 aliphatic carbocycles. The van der Waals surface area contributed by atoms with Crippen molar-refractivity contribution in [3.05, 3.63) is 11.6 Å². The molecule has 0 aromatic carbocycles. The van der Waals surface area contributed by atoms with Crippen LogP contribution in [0, 0.1) is 46.3 Å². The van der Waals surface area contributed by atoms with Gasteiger partial charge in [-0.2, -0.15) is 0 Å². The molecule has 9 atom stereocenters. The van der Waals surface area contributed by atoms with Gasteiger partial charge in [-0.1, -0.05) is 46.3 Å². The first-order valence-electron chi connectivity index (χ1n) is 13.3. The standard InChI is InChI=1S/C28H46O4/c1-18(2)28(17-29,32-31)15-10-19(3)23-8-9-24-22-7-6-20-16-21(30)11-13-26(20,4)25(22)12-14-27(23,24)5/h6,17-19,21-25,30-31H,7-16H2,1-5H3. The van der Waals surface area contributed by atoms with Crippen LogP contribution in [0.4, 0.5) is 0 Å². The van der Waals surface area contributed by atoms with Crippen LogP contribution in [0.15, 0.2) is 11.6 Å². The molecule has 0 aromatic rings. The molecule has 9 unspecified atom stereocenters. The van der Waals surface area contributed by atoms with E-state index in [1.54, 1.807) is 5.57 Å². The number of fused-ring (bicyclic) bond motifs is 5. The van der Waals surface area contributed by atoms with Gasteiger partial charge in [-0.3, -0.25) is 10.1 Å². The molecule has 0 spiro atoms. The Balaban J connectivity index is 1.49. The van der Waals surface area contributed by atoms with Crippen LogP contribution >= 0.6 is 0 Å². The molecule has 0 aliphatic heterocycles. The van der Waals surface area contributed by atoms with Crippen LogP contribution in [0.5, 0.6) is 0 Å². The summed E-state index contributed by atoms with van der Waals surface area (Å²) >= 11 is 0. The Morgan fingerprint density at radius 2 is 1.91 bits per heavy atom. The average molecular weight is 447 g/mol. The Morgan fingerprint density at radius 1 is 1.16 bits per heavy atom. The minimum absolute atomic E-state index is 0.0440. The van der Waals surface area contributed by atoms with Crippen LogP contribution in [0.2, 0.25) is 0 Å². The highest BCUT2D eigenvalue weighted by molar-refractivity contribution is 5.62. The predicted molar refractivity (Wildman–Crippen MR) is 127 cm³/mol. The number of hydrogen-bond donors (Lipinski definition) is 2. The second-order valence-electron chi connectivity index (χ2n) is 12.7. The summed E-state index contributed by atoms with van der Waals surface area (Å²) in [5, 5.41) is 19.7. The van der Waals surface area contributed by atoms with E-state index in [1.165, 1.54) is 32.1 Å². The molecule has 32 heavy (non-hydrogen) atoms. The summed E-state index contributed by atoms with van der Waals surface area (Å²) in [5.74, 6) is 3.48. The highest BCUT2D eigenvalue weighted by Crippen LogP contribution is 2.67. The molecule has 0 heterocycles. The fourth-order valence-electron chi connectivity index (χ4n) is 8.93. The Labute approximate surface area is 195 Å². The maximum absolute atomic E-state index is 11.7. The zero-order chi connectivity index (χ0) is 23.3. The van der Waals surface area contributed by atoms with Gasteiger partial charge in [0, 0.05) is 0 Å². The average Bonchev–Trinajstić information content (AvgIpc) is 3.12. The minimum atomic E-state index is -1.07. The number of carbonyl (C=O) groups is 1. The first-order chi connectivity index (χ1) is 15.1. The summed E-state index contributed by atoms with van der Waals surface area (Å²) in [6.45, 7) is 11.3. The number of aliphatic hydroxyl groups excluding tert-OH is 1. The molecular formula is C28H46O4. The molecule has 0 bridgehead atoms. The number of hydrogen-bond acceptors (Lipinski definition) is 4.